The summed E-state index contributed by atoms with van der Waals surface area (Å²) in [7, 11) is 1.32. The van der Waals surface area contributed by atoms with E-state index in [0.717, 1.165) is 0 Å². The summed E-state index contributed by atoms with van der Waals surface area (Å²) in [6.45, 7) is 8.32. The minimum atomic E-state index is -0.513. The number of carbonyl (C=O) groups is 3. The maximum absolute atomic E-state index is 13.0. The summed E-state index contributed by atoms with van der Waals surface area (Å²) >= 11 is 0. The number of H-pyrrole nitrogens is 1. The Bertz CT molecular complexity index is 663. The van der Waals surface area contributed by atoms with Gasteiger partial charge in [-0.1, -0.05) is 20.8 Å². The van der Waals surface area contributed by atoms with Crippen LogP contribution < -0.4 is 5.32 Å². The molecule has 2 amide bonds. The molecule has 0 aliphatic carbocycles. The van der Waals surface area contributed by atoms with Crippen LogP contribution in [0.3, 0.4) is 0 Å². The van der Waals surface area contributed by atoms with Gasteiger partial charge in [-0.25, -0.2) is 4.79 Å². The third-order valence-electron chi connectivity index (χ3n) is 4.43. The summed E-state index contributed by atoms with van der Waals surface area (Å²) < 4.78 is 4.83. The average Bonchev–Trinajstić information content (AvgIpc) is 2.89. The molecule has 132 valence electrons. The second-order valence-electron chi connectivity index (χ2n) is 6.30. The van der Waals surface area contributed by atoms with Gasteiger partial charge in [-0.05, 0) is 24.8 Å². The zero-order valence-corrected chi connectivity index (χ0v) is 14.9. The lowest BCUT2D eigenvalue weighted by Gasteiger charge is -2.37. The number of esters is 1. The van der Waals surface area contributed by atoms with Crippen molar-refractivity contribution in [2.45, 2.75) is 40.2 Å². The molecule has 0 bridgehead atoms. The van der Waals surface area contributed by atoms with Crippen LogP contribution in [0.15, 0.2) is 0 Å². The molecule has 1 aromatic rings. The Hall–Kier alpha value is -2.31. The number of hydrogen-bond acceptors (Lipinski definition) is 4. The number of amides is 2. The molecule has 2 rings (SSSR count). The molecule has 7 heteroatoms. The summed E-state index contributed by atoms with van der Waals surface area (Å²) in [6.07, 6.45) is 0.576. The van der Waals surface area contributed by atoms with E-state index >= 15 is 0 Å². The molecule has 2 N–H and O–H groups in total. The lowest BCUT2D eigenvalue weighted by atomic mass is 9.98. The van der Waals surface area contributed by atoms with Crippen molar-refractivity contribution in [2.75, 3.05) is 20.2 Å². The summed E-state index contributed by atoms with van der Waals surface area (Å²) in [6, 6.07) is -0.513. The van der Waals surface area contributed by atoms with E-state index in [1.54, 1.807) is 11.8 Å². The lowest BCUT2D eigenvalue weighted by molar-refractivity contribution is -0.129. The average molecular weight is 335 g/mol. The molecule has 24 heavy (non-hydrogen) atoms. The number of rotatable bonds is 4. The van der Waals surface area contributed by atoms with Crippen molar-refractivity contribution < 1.29 is 19.1 Å². The second kappa shape index (κ2) is 7.07. The minimum absolute atomic E-state index is 0.00441. The lowest BCUT2D eigenvalue weighted by Crippen LogP contribution is -2.59. The van der Waals surface area contributed by atoms with Crippen molar-refractivity contribution in [3.63, 3.8) is 0 Å². The first-order valence-corrected chi connectivity index (χ1v) is 8.21. The highest BCUT2D eigenvalue weighted by Gasteiger charge is 2.37. The molecule has 1 fully saturated rings. The topological polar surface area (TPSA) is 91.5 Å². The maximum Gasteiger partial charge on any atom is 0.339 e. The van der Waals surface area contributed by atoms with Gasteiger partial charge in [-0.2, -0.15) is 0 Å². The van der Waals surface area contributed by atoms with Crippen LogP contribution in [0.2, 0.25) is 0 Å². The van der Waals surface area contributed by atoms with Crippen molar-refractivity contribution in [2.24, 2.45) is 5.92 Å². The second-order valence-corrected chi connectivity index (χ2v) is 6.30. The molecular formula is C17H25N3O4. The van der Waals surface area contributed by atoms with E-state index in [4.69, 9.17) is 4.74 Å². The summed E-state index contributed by atoms with van der Waals surface area (Å²) in [5, 5.41) is 2.80. The van der Waals surface area contributed by atoms with Gasteiger partial charge in [-0.15, -0.1) is 0 Å². The Kier molecular flexibility index (Phi) is 5.31. The quantitative estimate of drug-likeness (QED) is 0.811. The van der Waals surface area contributed by atoms with E-state index in [2.05, 4.69) is 10.3 Å². The van der Waals surface area contributed by atoms with Crippen molar-refractivity contribution in [3.05, 3.63) is 22.5 Å². The highest BCUT2D eigenvalue weighted by molar-refractivity contribution is 6.02. The van der Waals surface area contributed by atoms with Crippen LogP contribution >= 0.6 is 0 Å². The fraction of sp³-hybridized carbons (Fsp3) is 0.588. The van der Waals surface area contributed by atoms with Crippen LogP contribution in [0.1, 0.15) is 52.9 Å². The Morgan fingerprint density at radius 3 is 2.58 bits per heavy atom. The SMILES string of the molecule is CCc1[nH]c(C(=O)N2CCNC(=O)C2C(C)C)c(C)c1C(=O)OC. The van der Waals surface area contributed by atoms with Gasteiger partial charge in [0.15, 0.2) is 0 Å². The van der Waals surface area contributed by atoms with Gasteiger partial charge in [0.2, 0.25) is 5.91 Å². The van der Waals surface area contributed by atoms with E-state index < -0.39 is 12.0 Å². The Morgan fingerprint density at radius 2 is 2.04 bits per heavy atom. The summed E-state index contributed by atoms with van der Waals surface area (Å²) in [4.78, 5) is 41.9. The van der Waals surface area contributed by atoms with E-state index in [0.29, 0.717) is 42.0 Å². The van der Waals surface area contributed by atoms with Gasteiger partial charge in [0, 0.05) is 18.8 Å². The molecular weight excluding hydrogens is 310 g/mol. The molecule has 0 radical (unpaired) electrons. The van der Waals surface area contributed by atoms with Crippen LogP contribution in [0, 0.1) is 12.8 Å². The number of nitrogens with one attached hydrogen (secondary N) is 2. The zero-order valence-electron chi connectivity index (χ0n) is 14.9. The molecule has 1 aromatic heterocycles. The largest absolute Gasteiger partial charge is 0.465 e. The first kappa shape index (κ1) is 18.0. The number of piperazine rings is 1. The standard InChI is InChI=1S/C17H25N3O4/c1-6-11-12(17(23)24-5)10(4)13(19-11)16(22)20-8-7-18-15(21)14(20)9(2)3/h9,14,19H,6-8H2,1-5H3,(H,18,21). The fourth-order valence-electron chi connectivity index (χ4n) is 3.23. The maximum atomic E-state index is 13.0. The smallest absolute Gasteiger partial charge is 0.339 e. The third-order valence-corrected chi connectivity index (χ3v) is 4.43. The van der Waals surface area contributed by atoms with Crippen molar-refractivity contribution in [1.29, 1.82) is 0 Å². The van der Waals surface area contributed by atoms with Crippen LogP contribution in [0.25, 0.3) is 0 Å². The van der Waals surface area contributed by atoms with Crippen molar-refractivity contribution in [3.8, 4) is 0 Å². The number of aromatic nitrogens is 1. The molecule has 2 heterocycles. The van der Waals surface area contributed by atoms with Crippen LogP contribution in [-0.2, 0) is 16.0 Å². The van der Waals surface area contributed by atoms with Gasteiger partial charge in [0.25, 0.3) is 5.91 Å². The number of aromatic amines is 1. The van der Waals surface area contributed by atoms with Crippen LogP contribution in [0.5, 0.6) is 0 Å². The molecule has 1 unspecified atom stereocenters. The van der Waals surface area contributed by atoms with Crippen LogP contribution in [-0.4, -0.2) is 53.9 Å². The van der Waals surface area contributed by atoms with Gasteiger partial charge >= 0.3 is 5.97 Å². The number of aryl methyl sites for hydroxylation is 1. The Morgan fingerprint density at radius 1 is 1.38 bits per heavy atom. The molecule has 0 spiro atoms. The fourth-order valence-corrected chi connectivity index (χ4v) is 3.23. The first-order chi connectivity index (χ1) is 11.3. The van der Waals surface area contributed by atoms with Crippen LogP contribution in [0.4, 0.5) is 0 Å². The molecule has 1 saturated heterocycles. The van der Waals surface area contributed by atoms with Crippen molar-refractivity contribution in [1.82, 2.24) is 15.2 Å². The highest BCUT2D eigenvalue weighted by Crippen LogP contribution is 2.24. The molecule has 0 aromatic carbocycles. The normalized spacial score (nSPS) is 17.8. The molecule has 1 atom stereocenters. The van der Waals surface area contributed by atoms with E-state index in [-0.39, 0.29) is 17.7 Å². The van der Waals surface area contributed by atoms with Gasteiger partial charge < -0.3 is 19.9 Å². The van der Waals surface area contributed by atoms with E-state index in [1.165, 1.54) is 7.11 Å². The number of hydrogen-bond donors (Lipinski definition) is 2. The third kappa shape index (κ3) is 3.02. The number of carbonyl (C=O) groups excluding carboxylic acids is 3. The molecule has 1 aliphatic rings. The van der Waals surface area contributed by atoms with Gasteiger partial charge in [0.1, 0.15) is 11.7 Å². The molecule has 0 saturated carbocycles. The Balaban J connectivity index is 2.44. The van der Waals surface area contributed by atoms with Gasteiger partial charge in [-0.3, -0.25) is 9.59 Å². The molecule has 1 aliphatic heterocycles. The monoisotopic (exact) mass is 335 g/mol. The predicted molar refractivity (Wildman–Crippen MR) is 88.9 cm³/mol. The van der Waals surface area contributed by atoms with E-state index in [1.807, 2.05) is 20.8 Å². The first-order valence-electron chi connectivity index (χ1n) is 8.21. The van der Waals surface area contributed by atoms with E-state index in [9.17, 15) is 14.4 Å². The molecule has 7 nitrogen and oxygen atoms in total. The minimum Gasteiger partial charge on any atom is -0.465 e. The van der Waals surface area contributed by atoms with Gasteiger partial charge in [0.05, 0.1) is 12.7 Å². The highest BCUT2D eigenvalue weighted by atomic mass is 16.5. The summed E-state index contributed by atoms with van der Waals surface area (Å²) in [5.41, 5.74) is 2.00. The Labute approximate surface area is 141 Å². The number of methoxy groups -OCH3 is 1. The number of ether oxygens (including phenoxy) is 1. The number of nitrogens with zero attached hydrogens (tertiary/aromatic N) is 1. The van der Waals surface area contributed by atoms with Crippen molar-refractivity contribution >= 4 is 17.8 Å². The summed E-state index contributed by atoms with van der Waals surface area (Å²) in [5.74, 6) is -0.865. The predicted octanol–water partition coefficient (Wildman–Crippen LogP) is 1.27. The zero-order chi connectivity index (χ0) is 18.0.